The van der Waals surface area contributed by atoms with Gasteiger partial charge in [-0.2, -0.15) is 0 Å². The Balaban J connectivity index is 2.36. The van der Waals surface area contributed by atoms with E-state index in [1.807, 2.05) is 0 Å². The van der Waals surface area contributed by atoms with Crippen molar-refractivity contribution in [2.75, 3.05) is 25.4 Å². The summed E-state index contributed by atoms with van der Waals surface area (Å²) in [7, 11) is -3.50. The van der Waals surface area contributed by atoms with Crippen LogP contribution in [0.25, 0.3) is 0 Å². The molecule has 0 spiro atoms. The number of aliphatic carboxylic acids is 1. The quantitative estimate of drug-likeness (QED) is 0.595. The van der Waals surface area contributed by atoms with Gasteiger partial charge in [0.1, 0.15) is 0 Å². The Morgan fingerprint density at radius 2 is 2.07 bits per heavy atom. The molecule has 0 aromatic carbocycles. The third-order valence-corrected chi connectivity index (χ3v) is 3.02. The van der Waals surface area contributed by atoms with Gasteiger partial charge in [-0.15, -0.1) is 0 Å². The van der Waals surface area contributed by atoms with Crippen molar-refractivity contribution in [1.29, 1.82) is 0 Å². The number of carboxylic acids is 1. The van der Waals surface area contributed by atoms with Crippen molar-refractivity contribution >= 4 is 16.0 Å². The van der Waals surface area contributed by atoms with Gasteiger partial charge in [0.15, 0.2) is 0 Å². The van der Waals surface area contributed by atoms with Crippen LogP contribution in [0.4, 0.5) is 0 Å². The molecular formula is C8H16N2O4S. The first-order valence-corrected chi connectivity index (χ1v) is 6.53. The molecule has 1 aliphatic carbocycles. The molecule has 1 fully saturated rings. The summed E-state index contributed by atoms with van der Waals surface area (Å²) < 4.78 is 21.5. The molecule has 0 radical (unpaired) electrons. The molecule has 0 saturated heterocycles. The van der Waals surface area contributed by atoms with Gasteiger partial charge in [-0.3, -0.25) is 9.69 Å². The average Bonchev–Trinajstić information content (AvgIpc) is 2.81. The fraction of sp³-hybridized carbons (Fsp3) is 0.875. The van der Waals surface area contributed by atoms with Gasteiger partial charge in [-0.05, 0) is 18.8 Å². The summed E-state index contributed by atoms with van der Waals surface area (Å²) in [6.45, 7) is 0.732. The van der Waals surface area contributed by atoms with Gasteiger partial charge in [0.2, 0.25) is 10.0 Å². The summed E-state index contributed by atoms with van der Waals surface area (Å²) in [6.07, 6.45) is 2.21. The van der Waals surface area contributed by atoms with E-state index in [1.165, 1.54) is 0 Å². The minimum atomic E-state index is -3.50. The van der Waals surface area contributed by atoms with Crippen LogP contribution in [0.1, 0.15) is 12.8 Å². The normalized spacial score (nSPS) is 16.9. The Morgan fingerprint density at radius 3 is 2.47 bits per heavy atom. The van der Waals surface area contributed by atoms with E-state index in [0.29, 0.717) is 12.5 Å². The number of hydrogen-bond donors (Lipinski definition) is 2. The Morgan fingerprint density at radius 1 is 1.47 bits per heavy atom. The second-order valence-electron chi connectivity index (χ2n) is 3.94. The van der Waals surface area contributed by atoms with Gasteiger partial charge in [-0.1, -0.05) is 0 Å². The molecule has 88 valence electrons. The number of nitrogens with two attached hydrogens (primary N) is 1. The summed E-state index contributed by atoms with van der Waals surface area (Å²) in [5.41, 5.74) is 0. The van der Waals surface area contributed by atoms with Crippen molar-refractivity contribution < 1.29 is 18.3 Å². The van der Waals surface area contributed by atoms with E-state index >= 15 is 0 Å². The van der Waals surface area contributed by atoms with E-state index in [2.05, 4.69) is 0 Å². The number of primary sulfonamides is 1. The molecule has 3 N–H and O–H groups in total. The number of hydrogen-bond acceptors (Lipinski definition) is 4. The van der Waals surface area contributed by atoms with Crippen molar-refractivity contribution in [3.63, 3.8) is 0 Å². The summed E-state index contributed by atoms with van der Waals surface area (Å²) in [5.74, 6) is -0.595. The third-order valence-electron chi connectivity index (χ3n) is 2.26. The highest BCUT2D eigenvalue weighted by Gasteiger charge is 2.25. The molecule has 0 aromatic rings. The highest BCUT2D eigenvalue weighted by atomic mass is 32.2. The standard InChI is InChI=1S/C8H16N2O4S/c9-15(13,14)4-3-10(6-8(11)12)5-7-1-2-7/h7H,1-6H2,(H,11,12)(H2,9,13,14). The molecule has 0 atom stereocenters. The van der Waals surface area contributed by atoms with Gasteiger partial charge < -0.3 is 5.11 Å². The maximum atomic E-state index is 10.7. The minimum absolute atomic E-state index is 0.119. The number of nitrogens with zero attached hydrogens (tertiary/aromatic N) is 1. The number of carbonyl (C=O) groups is 1. The molecule has 15 heavy (non-hydrogen) atoms. The van der Waals surface area contributed by atoms with Crippen molar-refractivity contribution in [2.24, 2.45) is 11.1 Å². The van der Waals surface area contributed by atoms with Crippen LogP contribution in [-0.2, 0) is 14.8 Å². The van der Waals surface area contributed by atoms with Crippen molar-refractivity contribution in [3.05, 3.63) is 0 Å². The highest BCUT2D eigenvalue weighted by molar-refractivity contribution is 7.89. The van der Waals surface area contributed by atoms with Gasteiger partial charge in [0.25, 0.3) is 0 Å². The van der Waals surface area contributed by atoms with Crippen LogP contribution in [0.5, 0.6) is 0 Å². The highest BCUT2D eigenvalue weighted by Crippen LogP contribution is 2.29. The largest absolute Gasteiger partial charge is 0.480 e. The Hall–Kier alpha value is -0.660. The lowest BCUT2D eigenvalue weighted by atomic mass is 10.3. The van der Waals surface area contributed by atoms with Crippen molar-refractivity contribution in [1.82, 2.24) is 4.90 Å². The lowest BCUT2D eigenvalue weighted by Crippen LogP contribution is -2.36. The molecule has 7 heteroatoms. The second kappa shape index (κ2) is 4.91. The first kappa shape index (κ1) is 12.4. The molecule has 0 bridgehead atoms. The topological polar surface area (TPSA) is 101 Å². The van der Waals surface area contributed by atoms with Gasteiger partial charge >= 0.3 is 5.97 Å². The molecule has 6 nitrogen and oxygen atoms in total. The van der Waals surface area contributed by atoms with E-state index in [4.69, 9.17) is 10.2 Å². The summed E-state index contributed by atoms with van der Waals surface area (Å²) in [6, 6.07) is 0. The smallest absolute Gasteiger partial charge is 0.317 e. The van der Waals surface area contributed by atoms with Gasteiger partial charge in [0.05, 0.1) is 12.3 Å². The first-order chi connectivity index (χ1) is 6.87. The number of rotatable bonds is 7. The van der Waals surface area contributed by atoms with E-state index < -0.39 is 16.0 Å². The fourth-order valence-corrected chi connectivity index (χ4v) is 1.86. The van der Waals surface area contributed by atoms with Crippen LogP contribution in [0.2, 0.25) is 0 Å². The number of carboxylic acid groups (broad SMARTS) is 1. The van der Waals surface area contributed by atoms with Crippen LogP contribution >= 0.6 is 0 Å². The summed E-state index contributed by atoms with van der Waals surface area (Å²) >= 11 is 0. The Bertz CT molecular complexity index is 324. The van der Waals surface area contributed by atoms with Crippen LogP contribution in [0, 0.1) is 5.92 Å². The maximum Gasteiger partial charge on any atom is 0.317 e. The summed E-state index contributed by atoms with van der Waals surface area (Å²) in [5, 5.41) is 13.5. The molecule has 1 saturated carbocycles. The summed E-state index contributed by atoms with van der Waals surface area (Å²) in [4.78, 5) is 12.1. The zero-order valence-corrected chi connectivity index (χ0v) is 9.24. The van der Waals surface area contributed by atoms with Crippen molar-refractivity contribution in [2.45, 2.75) is 12.8 Å². The lowest BCUT2D eigenvalue weighted by Gasteiger charge is -2.18. The van der Waals surface area contributed by atoms with E-state index in [1.54, 1.807) is 4.90 Å². The maximum absolute atomic E-state index is 10.7. The lowest BCUT2D eigenvalue weighted by molar-refractivity contribution is -0.138. The van der Waals surface area contributed by atoms with Crippen LogP contribution < -0.4 is 5.14 Å². The Labute approximate surface area is 89.1 Å². The van der Waals surface area contributed by atoms with Crippen molar-refractivity contribution in [3.8, 4) is 0 Å². The SMILES string of the molecule is NS(=O)(=O)CCN(CC(=O)O)CC1CC1. The fourth-order valence-electron chi connectivity index (χ4n) is 1.35. The zero-order chi connectivity index (χ0) is 11.5. The monoisotopic (exact) mass is 236 g/mol. The zero-order valence-electron chi connectivity index (χ0n) is 8.42. The van der Waals surface area contributed by atoms with Crippen LogP contribution in [-0.4, -0.2) is 49.8 Å². The molecule has 0 unspecified atom stereocenters. The van der Waals surface area contributed by atoms with Gasteiger partial charge in [0, 0.05) is 13.1 Å². The van der Waals surface area contributed by atoms with Crippen LogP contribution in [0.15, 0.2) is 0 Å². The van der Waals surface area contributed by atoms with Gasteiger partial charge in [-0.25, -0.2) is 13.6 Å². The second-order valence-corrected chi connectivity index (χ2v) is 5.67. The molecule has 0 heterocycles. The van der Waals surface area contributed by atoms with E-state index in [0.717, 1.165) is 12.8 Å². The predicted octanol–water partition coefficient (Wildman–Crippen LogP) is -0.928. The molecular weight excluding hydrogens is 220 g/mol. The Kier molecular flexibility index (Phi) is 4.06. The molecule has 1 rings (SSSR count). The molecule has 1 aliphatic rings. The van der Waals surface area contributed by atoms with E-state index in [9.17, 15) is 13.2 Å². The third kappa shape index (κ3) is 6.43. The number of sulfonamides is 1. The average molecular weight is 236 g/mol. The molecule has 0 amide bonds. The molecule has 0 aliphatic heterocycles. The predicted molar refractivity (Wildman–Crippen MR) is 54.8 cm³/mol. The molecule has 0 aromatic heterocycles. The minimum Gasteiger partial charge on any atom is -0.480 e. The van der Waals surface area contributed by atoms with E-state index in [-0.39, 0.29) is 18.8 Å². The first-order valence-electron chi connectivity index (χ1n) is 4.81. The van der Waals surface area contributed by atoms with Crippen LogP contribution in [0.3, 0.4) is 0 Å².